The van der Waals surface area contributed by atoms with Crippen LogP contribution in [0.2, 0.25) is 0 Å². The van der Waals surface area contributed by atoms with Crippen molar-refractivity contribution in [2.24, 2.45) is 17.3 Å². The van der Waals surface area contributed by atoms with Crippen LogP contribution in [0.5, 0.6) is 0 Å². The maximum absolute atomic E-state index is 13.6. The molecule has 0 N–H and O–H groups in total. The van der Waals surface area contributed by atoms with E-state index >= 15 is 0 Å². The second-order valence-corrected chi connectivity index (χ2v) is 8.03. The second-order valence-electron chi connectivity index (χ2n) is 6.48. The molecule has 0 saturated heterocycles. The van der Waals surface area contributed by atoms with Gasteiger partial charge >= 0.3 is 5.97 Å². The van der Waals surface area contributed by atoms with Crippen LogP contribution in [0.25, 0.3) is 0 Å². The van der Waals surface area contributed by atoms with Crippen molar-refractivity contribution in [2.45, 2.75) is 25.3 Å². The van der Waals surface area contributed by atoms with E-state index in [2.05, 4.69) is 31.9 Å². The SMILES string of the molecule is CC1(C)C(C(=O)OCc2c(F)c(F)c(F)c(F)c2F)C1C(Br)C(=O)CBr. The van der Waals surface area contributed by atoms with Crippen LogP contribution >= 0.6 is 31.9 Å². The van der Waals surface area contributed by atoms with Gasteiger partial charge in [-0.2, -0.15) is 0 Å². The molecule has 0 spiro atoms. The third kappa shape index (κ3) is 3.54. The fourth-order valence-electron chi connectivity index (χ4n) is 2.96. The summed E-state index contributed by atoms with van der Waals surface area (Å²) in [5, 5.41) is 0.0712. The number of carbonyl (C=O) groups excluding carboxylic acids is 2. The third-order valence-corrected chi connectivity index (χ3v) is 6.21. The Labute approximate surface area is 162 Å². The molecule has 0 bridgehead atoms. The first-order valence-corrected chi connectivity index (χ1v) is 9.40. The van der Waals surface area contributed by atoms with Gasteiger partial charge in [-0.1, -0.05) is 45.7 Å². The monoisotopic (exact) mass is 506 g/mol. The van der Waals surface area contributed by atoms with Crippen molar-refractivity contribution < 1.29 is 36.3 Å². The van der Waals surface area contributed by atoms with Crippen molar-refractivity contribution in [2.75, 3.05) is 5.33 Å². The number of rotatable bonds is 6. The predicted molar refractivity (Wildman–Crippen MR) is 88.3 cm³/mol. The highest BCUT2D eigenvalue weighted by Gasteiger charge is 2.66. The van der Waals surface area contributed by atoms with E-state index in [4.69, 9.17) is 4.74 Å². The fourth-order valence-corrected chi connectivity index (χ4v) is 4.89. The number of esters is 1. The van der Waals surface area contributed by atoms with Gasteiger partial charge in [-0.3, -0.25) is 9.59 Å². The van der Waals surface area contributed by atoms with Crippen molar-refractivity contribution in [1.29, 1.82) is 0 Å². The van der Waals surface area contributed by atoms with Crippen LogP contribution in [0.15, 0.2) is 0 Å². The summed E-state index contributed by atoms with van der Waals surface area (Å²) in [7, 11) is 0. The summed E-state index contributed by atoms with van der Waals surface area (Å²) in [6, 6.07) is 0. The number of hydrogen-bond donors (Lipinski definition) is 0. The first kappa shape index (κ1) is 21.3. The van der Waals surface area contributed by atoms with Gasteiger partial charge in [0, 0.05) is 0 Å². The van der Waals surface area contributed by atoms with E-state index in [1.807, 2.05) is 0 Å². The van der Waals surface area contributed by atoms with Crippen molar-refractivity contribution >= 4 is 43.6 Å². The van der Waals surface area contributed by atoms with E-state index in [-0.39, 0.29) is 11.1 Å². The first-order valence-electron chi connectivity index (χ1n) is 7.36. The Morgan fingerprint density at radius 1 is 1.04 bits per heavy atom. The van der Waals surface area contributed by atoms with E-state index in [1.165, 1.54) is 0 Å². The fraction of sp³-hybridized carbons (Fsp3) is 0.500. The van der Waals surface area contributed by atoms with Crippen LogP contribution in [-0.2, 0) is 20.9 Å². The van der Waals surface area contributed by atoms with Gasteiger partial charge in [0.05, 0.1) is 21.6 Å². The number of halogens is 7. The summed E-state index contributed by atoms with van der Waals surface area (Å²) in [4.78, 5) is 23.3. The molecule has 1 aromatic carbocycles. The lowest BCUT2D eigenvalue weighted by molar-refractivity contribution is -0.147. The molecule has 26 heavy (non-hydrogen) atoms. The van der Waals surface area contributed by atoms with Gasteiger partial charge in [0.2, 0.25) is 5.82 Å². The van der Waals surface area contributed by atoms with Crippen LogP contribution in [-0.4, -0.2) is 21.9 Å². The number of alkyl halides is 2. The molecule has 1 aliphatic rings. The van der Waals surface area contributed by atoms with Gasteiger partial charge in [-0.05, 0) is 11.3 Å². The molecule has 1 saturated carbocycles. The molecule has 10 heteroatoms. The number of ether oxygens (including phenoxy) is 1. The zero-order chi connectivity index (χ0) is 20.0. The van der Waals surface area contributed by atoms with Crippen LogP contribution in [0.4, 0.5) is 22.0 Å². The molecule has 0 radical (unpaired) electrons. The normalized spacial score (nSPS) is 22.0. The molecule has 3 nitrogen and oxygen atoms in total. The van der Waals surface area contributed by atoms with E-state index in [0.717, 1.165) is 0 Å². The van der Waals surface area contributed by atoms with Crippen LogP contribution in [0.1, 0.15) is 19.4 Å². The third-order valence-electron chi connectivity index (χ3n) is 4.58. The summed E-state index contributed by atoms with van der Waals surface area (Å²) < 4.78 is 71.3. The summed E-state index contributed by atoms with van der Waals surface area (Å²) in [6.45, 7) is 2.30. The Balaban J connectivity index is 2.15. The van der Waals surface area contributed by atoms with E-state index in [1.54, 1.807) is 13.8 Å². The maximum Gasteiger partial charge on any atom is 0.310 e. The minimum atomic E-state index is -2.28. The van der Waals surface area contributed by atoms with Gasteiger partial charge in [0.1, 0.15) is 6.61 Å². The second kappa shape index (κ2) is 7.53. The van der Waals surface area contributed by atoms with Crippen LogP contribution in [0, 0.1) is 46.3 Å². The summed E-state index contributed by atoms with van der Waals surface area (Å²) >= 11 is 6.23. The largest absolute Gasteiger partial charge is 0.460 e. The maximum atomic E-state index is 13.6. The number of benzene rings is 1. The van der Waals surface area contributed by atoms with E-state index in [0.29, 0.717) is 0 Å². The summed E-state index contributed by atoms with van der Waals surface area (Å²) in [6.07, 6.45) is 0. The molecule has 3 atom stereocenters. The van der Waals surface area contributed by atoms with Crippen molar-refractivity contribution in [3.63, 3.8) is 0 Å². The Morgan fingerprint density at radius 2 is 1.50 bits per heavy atom. The lowest BCUT2D eigenvalue weighted by Gasteiger charge is -2.10. The van der Waals surface area contributed by atoms with Crippen LogP contribution in [0.3, 0.4) is 0 Å². The predicted octanol–water partition coefficient (Wildman–Crippen LogP) is 4.43. The molecule has 0 amide bonds. The molecule has 1 aromatic rings. The lowest BCUT2D eigenvalue weighted by Crippen LogP contribution is -2.21. The molecule has 144 valence electrons. The van der Waals surface area contributed by atoms with Crippen LogP contribution < -0.4 is 0 Å². The van der Waals surface area contributed by atoms with Gasteiger partial charge in [-0.15, -0.1) is 0 Å². The first-order chi connectivity index (χ1) is 12.0. The topological polar surface area (TPSA) is 43.4 Å². The quantitative estimate of drug-likeness (QED) is 0.188. The molecule has 2 rings (SSSR count). The molecular formula is C16H13Br2F5O3. The average molecular weight is 508 g/mol. The molecule has 0 aromatic heterocycles. The minimum Gasteiger partial charge on any atom is -0.460 e. The standard InChI is InChI=1S/C16H13Br2F5O3/c1-16(2)7(9(18)6(24)3-17)8(16)15(25)26-4-5-10(19)12(21)14(23)13(22)11(5)20/h7-9H,3-4H2,1-2H3. The Bertz CT molecular complexity index is 740. The van der Waals surface area contributed by atoms with Gasteiger partial charge in [0.25, 0.3) is 0 Å². The number of carbonyl (C=O) groups is 2. The van der Waals surface area contributed by atoms with Gasteiger partial charge in [-0.25, -0.2) is 22.0 Å². The Hall–Kier alpha value is -1.03. The summed E-state index contributed by atoms with van der Waals surface area (Å²) in [5.41, 5.74) is -1.85. The lowest BCUT2D eigenvalue weighted by atomic mass is 10.1. The molecular weight excluding hydrogens is 495 g/mol. The van der Waals surface area contributed by atoms with Gasteiger partial charge in [0.15, 0.2) is 29.1 Å². The van der Waals surface area contributed by atoms with Gasteiger partial charge < -0.3 is 4.74 Å². The number of hydrogen-bond acceptors (Lipinski definition) is 3. The van der Waals surface area contributed by atoms with Crippen molar-refractivity contribution in [1.82, 2.24) is 0 Å². The van der Waals surface area contributed by atoms with Crippen molar-refractivity contribution in [3.05, 3.63) is 34.6 Å². The molecule has 0 aliphatic heterocycles. The smallest absolute Gasteiger partial charge is 0.310 e. The zero-order valence-electron chi connectivity index (χ0n) is 13.5. The number of ketones is 1. The Morgan fingerprint density at radius 3 is 1.96 bits per heavy atom. The summed E-state index contributed by atoms with van der Waals surface area (Å²) in [5.74, 6) is -12.8. The highest BCUT2D eigenvalue weighted by atomic mass is 79.9. The molecule has 1 aliphatic carbocycles. The molecule has 0 heterocycles. The Kier molecular flexibility index (Phi) is 6.16. The van der Waals surface area contributed by atoms with Crippen molar-refractivity contribution in [3.8, 4) is 0 Å². The minimum absolute atomic E-state index is 0.0712. The van der Waals surface area contributed by atoms with E-state index in [9.17, 15) is 31.5 Å². The van der Waals surface area contributed by atoms with E-state index < -0.39 is 69.3 Å². The molecule has 3 unspecified atom stereocenters. The highest BCUT2D eigenvalue weighted by molar-refractivity contribution is 9.10. The average Bonchev–Trinajstić information content (AvgIpc) is 3.18. The highest BCUT2D eigenvalue weighted by Crippen LogP contribution is 2.62. The number of Topliss-reactive ketones (excluding diaryl/α,β-unsaturated/α-hetero) is 1. The zero-order valence-corrected chi connectivity index (χ0v) is 16.7. The molecule has 1 fully saturated rings.